The van der Waals surface area contributed by atoms with Gasteiger partial charge in [-0.3, -0.25) is 4.79 Å². The maximum Gasteiger partial charge on any atom is 0.414 e. The number of benzene rings is 1. The molecule has 0 spiro atoms. The molecule has 0 saturated heterocycles. The third-order valence-corrected chi connectivity index (χ3v) is 2.22. The van der Waals surface area contributed by atoms with E-state index in [4.69, 9.17) is 27.9 Å². The summed E-state index contributed by atoms with van der Waals surface area (Å²) in [6.07, 6.45) is -0.0944. The van der Waals surface area contributed by atoms with Crippen LogP contribution in [0.25, 0.3) is 0 Å². The van der Waals surface area contributed by atoms with Crippen molar-refractivity contribution >= 4 is 35.6 Å². The highest BCUT2D eigenvalue weighted by molar-refractivity contribution is 6.36. The highest BCUT2D eigenvalue weighted by Gasteiger charge is 2.15. The molecule has 0 atom stereocenters. The topological polar surface area (TPSA) is 46.6 Å². The third kappa shape index (κ3) is 2.87. The molecule has 16 heavy (non-hydrogen) atoms. The van der Waals surface area contributed by atoms with E-state index < -0.39 is 6.09 Å². The lowest BCUT2D eigenvalue weighted by atomic mass is 10.2. The highest BCUT2D eigenvalue weighted by atomic mass is 35.5. The fraction of sp³-hybridized carbons (Fsp3) is 0.200. The maximum absolute atomic E-state index is 11.3. The molecule has 4 nitrogen and oxygen atoms in total. The van der Waals surface area contributed by atoms with Gasteiger partial charge in [0.1, 0.15) is 0 Å². The van der Waals surface area contributed by atoms with Crippen molar-refractivity contribution < 1.29 is 14.3 Å². The Balaban J connectivity index is 3.12. The van der Waals surface area contributed by atoms with Crippen LogP contribution < -0.4 is 4.74 Å². The van der Waals surface area contributed by atoms with Gasteiger partial charge >= 0.3 is 6.09 Å². The van der Waals surface area contributed by atoms with Crippen molar-refractivity contribution in [2.24, 2.45) is 0 Å². The number of carbonyl (C=O) groups excluding carboxylic acids is 2. The van der Waals surface area contributed by atoms with Crippen LogP contribution >= 0.6 is 23.2 Å². The second kappa shape index (κ2) is 5.18. The Bertz CT molecular complexity index is 432. The number of hydrogen-bond donors (Lipinski definition) is 0. The summed E-state index contributed by atoms with van der Waals surface area (Å²) >= 11 is 11.5. The summed E-state index contributed by atoms with van der Waals surface area (Å²) in [5.41, 5.74) is 0.132. The van der Waals surface area contributed by atoms with E-state index in [1.54, 1.807) is 0 Å². The largest absolute Gasteiger partial charge is 0.414 e. The van der Waals surface area contributed by atoms with Crippen molar-refractivity contribution in [1.82, 2.24) is 4.90 Å². The monoisotopic (exact) mass is 261 g/mol. The molecule has 0 aliphatic carbocycles. The van der Waals surface area contributed by atoms with E-state index in [-0.39, 0.29) is 16.3 Å². The standard InChI is InChI=1S/C10H9Cl2NO3/c1-13(2)10(15)16-9-6(5-14)3-7(11)4-8(9)12/h3-5H,1-2H3. The van der Waals surface area contributed by atoms with E-state index in [9.17, 15) is 9.59 Å². The summed E-state index contributed by atoms with van der Waals surface area (Å²) in [5, 5.41) is 0.418. The molecule has 0 aliphatic rings. The molecular formula is C10H9Cl2NO3. The molecule has 0 radical (unpaired) electrons. The van der Waals surface area contributed by atoms with Crippen molar-refractivity contribution in [3.63, 3.8) is 0 Å². The average molecular weight is 262 g/mol. The van der Waals surface area contributed by atoms with Crippen molar-refractivity contribution in [3.05, 3.63) is 27.7 Å². The van der Waals surface area contributed by atoms with Crippen LogP contribution in [0.4, 0.5) is 4.79 Å². The SMILES string of the molecule is CN(C)C(=O)Oc1c(Cl)cc(Cl)cc1C=O. The van der Waals surface area contributed by atoms with E-state index in [1.807, 2.05) is 0 Å². The normalized spacial score (nSPS) is 9.75. The number of carbonyl (C=O) groups is 2. The van der Waals surface area contributed by atoms with Crippen LogP contribution in [0.1, 0.15) is 10.4 Å². The minimum absolute atomic E-state index is 0.0137. The number of rotatable bonds is 2. The summed E-state index contributed by atoms with van der Waals surface area (Å²) in [6.45, 7) is 0. The predicted molar refractivity (Wildman–Crippen MR) is 61.6 cm³/mol. The number of hydrogen-bond acceptors (Lipinski definition) is 3. The van der Waals surface area contributed by atoms with Crippen LogP contribution in [0.2, 0.25) is 10.0 Å². The van der Waals surface area contributed by atoms with Gasteiger partial charge in [-0.05, 0) is 12.1 Å². The van der Waals surface area contributed by atoms with E-state index in [0.717, 1.165) is 0 Å². The first-order valence-electron chi connectivity index (χ1n) is 4.29. The second-order valence-corrected chi connectivity index (χ2v) is 4.03. The van der Waals surface area contributed by atoms with Crippen LogP contribution in [0, 0.1) is 0 Å². The molecule has 1 rings (SSSR count). The first kappa shape index (κ1) is 12.8. The summed E-state index contributed by atoms with van der Waals surface area (Å²) in [4.78, 5) is 23.3. The van der Waals surface area contributed by atoms with E-state index in [0.29, 0.717) is 11.3 Å². The molecule has 0 unspecified atom stereocenters. The van der Waals surface area contributed by atoms with Crippen LogP contribution in [0.5, 0.6) is 5.75 Å². The van der Waals surface area contributed by atoms with Crippen LogP contribution in [-0.2, 0) is 0 Å². The lowest BCUT2D eigenvalue weighted by Crippen LogP contribution is -2.25. The molecule has 1 aromatic rings. The zero-order chi connectivity index (χ0) is 12.3. The van der Waals surface area contributed by atoms with Crippen molar-refractivity contribution in [1.29, 1.82) is 0 Å². The molecule has 0 saturated carbocycles. The lowest BCUT2D eigenvalue weighted by Gasteiger charge is -2.13. The van der Waals surface area contributed by atoms with Crippen molar-refractivity contribution in [2.45, 2.75) is 0 Å². The Morgan fingerprint density at radius 1 is 1.38 bits per heavy atom. The van der Waals surface area contributed by atoms with Crippen molar-refractivity contribution in [3.8, 4) is 5.75 Å². The molecule has 0 aromatic heterocycles. The molecule has 0 N–H and O–H groups in total. The summed E-state index contributed by atoms with van der Waals surface area (Å²) < 4.78 is 4.95. The number of amides is 1. The quantitative estimate of drug-likeness (QED) is 0.770. The zero-order valence-corrected chi connectivity index (χ0v) is 10.2. The molecule has 0 fully saturated rings. The molecule has 86 valence electrons. The first-order valence-corrected chi connectivity index (χ1v) is 5.04. The Morgan fingerprint density at radius 2 is 2.00 bits per heavy atom. The smallest absolute Gasteiger partial charge is 0.408 e. The van der Waals surface area contributed by atoms with Crippen LogP contribution in [-0.4, -0.2) is 31.4 Å². The van der Waals surface area contributed by atoms with Gasteiger partial charge in [0.2, 0.25) is 0 Å². The fourth-order valence-electron chi connectivity index (χ4n) is 0.954. The molecule has 1 amide bonds. The van der Waals surface area contributed by atoms with Crippen LogP contribution in [0.3, 0.4) is 0 Å². The molecule has 0 heterocycles. The van der Waals surface area contributed by atoms with Gasteiger partial charge in [0.25, 0.3) is 0 Å². The molecular weight excluding hydrogens is 253 g/mol. The van der Waals surface area contributed by atoms with Gasteiger partial charge in [0.15, 0.2) is 12.0 Å². The fourth-order valence-corrected chi connectivity index (χ4v) is 1.50. The Morgan fingerprint density at radius 3 is 2.50 bits per heavy atom. The molecule has 1 aromatic carbocycles. The van der Waals surface area contributed by atoms with Gasteiger partial charge in [-0.25, -0.2) is 4.79 Å². The molecule has 0 aliphatic heterocycles. The average Bonchev–Trinajstić information content (AvgIpc) is 2.21. The maximum atomic E-state index is 11.3. The zero-order valence-electron chi connectivity index (χ0n) is 8.66. The Kier molecular flexibility index (Phi) is 4.15. The number of nitrogens with zero attached hydrogens (tertiary/aromatic N) is 1. The van der Waals surface area contributed by atoms with Crippen molar-refractivity contribution in [2.75, 3.05) is 14.1 Å². The summed E-state index contributed by atoms with van der Waals surface area (Å²) in [7, 11) is 3.04. The van der Waals surface area contributed by atoms with Crippen LogP contribution in [0.15, 0.2) is 12.1 Å². The number of aldehydes is 1. The van der Waals surface area contributed by atoms with Gasteiger partial charge in [-0.1, -0.05) is 23.2 Å². The molecule has 6 heteroatoms. The molecule has 0 bridgehead atoms. The minimum Gasteiger partial charge on any atom is -0.408 e. The minimum atomic E-state index is -0.618. The van der Waals surface area contributed by atoms with Gasteiger partial charge in [-0.15, -0.1) is 0 Å². The summed E-state index contributed by atoms with van der Waals surface area (Å²) in [5.74, 6) is 0.0137. The summed E-state index contributed by atoms with van der Waals surface area (Å²) in [6, 6.07) is 2.77. The third-order valence-electron chi connectivity index (χ3n) is 1.72. The van der Waals surface area contributed by atoms with E-state index in [1.165, 1.54) is 31.1 Å². The number of ether oxygens (including phenoxy) is 1. The van der Waals surface area contributed by atoms with E-state index in [2.05, 4.69) is 0 Å². The van der Waals surface area contributed by atoms with Gasteiger partial charge in [-0.2, -0.15) is 0 Å². The van der Waals surface area contributed by atoms with Gasteiger partial charge < -0.3 is 9.64 Å². The highest BCUT2D eigenvalue weighted by Crippen LogP contribution is 2.31. The second-order valence-electron chi connectivity index (χ2n) is 3.19. The number of halogens is 2. The van der Waals surface area contributed by atoms with E-state index >= 15 is 0 Å². The predicted octanol–water partition coefficient (Wildman–Crippen LogP) is 2.87. The first-order chi connectivity index (χ1) is 7.45. The Labute approximate surface area is 103 Å². The Hall–Kier alpha value is -1.26. The van der Waals surface area contributed by atoms with Gasteiger partial charge in [0, 0.05) is 19.1 Å². The van der Waals surface area contributed by atoms with Gasteiger partial charge in [0.05, 0.1) is 10.6 Å². The lowest BCUT2D eigenvalue weighted by molar-refractivity contribution is 0.112.